The van der Waals surface area contributed by atoms with Gasteiger partial charge in [0.05, 0.1) is 6.10 Å². The number of hydrogen-bond donors (Lipinski definition) is 0. The van der Waals surface area contributed by atoms with E-state index in [9.17, 15) is 0 Å². The van der Waals surface area contributed by atoms with E-state index < -0.39 is 8.32 Å². The van der Waals surface area contributed by atoms with Crippen molar-refractivity contribution in [3.8, 4) is 0 Å². The quantitative estimate of drug-likeness (QED) is 0.525. The van der Waals surface area contributed by atoms with Gasteiger partial charge in [-0.25, -0.2) is 0 Å². The third-order valence-electron chi connectivity index (χ3n) is 1.99. The Morgan fingerprint density at radius 2 is 1.79 bits per heavy atom. The molecule has 0 saturated heterocycles. The van der Waals surface area contributed by atoms with Gasteiger partial charge in [0.2, 0.25) is 8.32 Å². The molecule has 1 saturated carbocycles. The molecule has 0 heterocycles. The first-order valence-electron chi connectivity index (χ1n) is 5.46. The Kier molecular flexibility index (Phi) is 3.64. The van der Waals surface area contributed by atoms with Crippen LogP contribution in [0.15, 0.2) is 11.5 Å². The lowest BCUT2D eigenvalue weighted by molar-refractivity contribution is 0.0526. The average molecular weight is 214 g/mol. The van der Waals surface area contributed by atoms with Crippen LogP contribution in [0.4, 0.5) is 0 Å². The molecule has 0 amide bonds. The summed E-state index contributed by atoms with van der Waals surface area (Å²) in [6.07, 6.45) is 3.82. The zero-order chi connectivity index (χ0) is 10.8. The number of hydrogen-bond acceptors (Lipinski definition) is 2. The number of ether oxygens (including phenoxy) is 1. The van der Waals surface area contributed by atoms with Gasteiger partial charge in [0.25, 0.3) is 5.95 Å². The van der Waals surface area contributed by atoms with E-state index >= 15 is 0 Å². The Labute approximate surface area is 88.4 Å². The van der Waals surface area contributed by atoms with Crippen molar-refractivity contribution in [3.63, 3.8) is 0 Å². The maximum atomic E-state index is 5.95. The molecule has 0 bridgehead atoms. The van der Waals surface area contributed by atoms with E-state index in [4.69, 9.17) is 9.16 Å². The summed E-state index contributed by atoms with van der Waals surface area (Å²) in [5.41, 5.74) is 1.38. The van der Waals surface area contributed by atoms with E-state index in [0.717, 1.165) is 18.8 Å². The van der Waals surface area contributed by atoms with Gasteiger partial charge in [0, 0.05) is 5.57 Å². The van der Waals surface area contributed by atoms with Crippen LogP contribution in [0.1, 0.15) is 33.1 Å². The van der Waals surface area contributed by atoms with Crippen LogP contribution in [0.2, 0.25) is 19.6 Å². The van der Waals surface area contributed by atoms with E-state index in [2.05, 4.69) is 19.6 Å². The lowest BCUT2D eigenvalue weighted by Crippen LogP contribution is -2.28. The maximum absolute atomic E-state index is 5.95. The molecular formula is C11H22O2Si. The number of rotatable bonds is 4. The summed E-state index contributed by atoms with van der Waals surface area (Å²) in [4.78, 5) is 0. The van der Waals surface area contributed by atoms with Gasteiger partial charge in [-0.3, -0.25) is 0 Å². The maximum Gasteiger partial charge on any atom is 0.264 e. The van der Waals surface area contributed by atoms with Crippen LogP contribution in [0.25, 0.3) is 0 Å². The molecule has 1 aliphatic rings. The van der Waals surface area contributed by atoms with Gasteiger partial charge in [-0.15, -0.1) is 0 Å². The van der Waals surface area contributed by atoms with Crippen molar-refractivity contribution in [2.75, 3.05) is 0 Å². The molecule has 0 spiro atoms. The summed E-state index contributed by atoms with van der Waals surface area (Å²) in [5.74, 6) is 0.838. The standard InChI is InChI=1S/C11H22O2Si/c1-9(2)12-11(10-7-6-8-10)13-14(3,4)5/h9H,6-8H2,1-5H3. The first-order valence-corrected chi connectivity index (χ1v) is 8.87. The summed E-state index contributed by atoms with van der Waals surface area (Å²) >= 11 is 0. The molecular weight excluding hydrogens is 192 g/mol. The van der Waals surface area contributed by atoms with Gasteiger partial charge in [-0.1, -0.05) is 0 Å². The molecule has 0 unspecified atom stereocenters. The molecule has 82 valence electrons. The second kappa shape index (κ2) is 4.38. The van der Waals surface area contributed by atoms with Crippen molar-refractivity contribution in [1.82, 2.24) is 0 Å². The smallest absolute Gasteiger partial charge is 0.264 e. The molecule has 1 fully saturated rings. The Bertz CT molecular complexity index is 220. The van der Waals surface area contributed by atoms with Crippen LogP contribution in [0.5, 0.6) is 0 Å². The van der Waals surface area contributed by atoms with Gasteiger partial charge in [0.15, 0.2) is 0 Å². The van der Waals surface area contributed by atoms with Crippen LogP contribution in [0, 0.1) is 0 Å². The fourth-order valence-corrected chi connectivity index (χ4v) is 1.98. The highest BCUT2D eigenvalue weighted by molar-refractivity contribution is 6.70. The monoisotopic (exact) mass is 214 g/mol. The third kappa shape index (κ3) is 3.74. The van der Waals surface area contributed by atoms with Gasteiger partial charge in [-0.2, -0.15) is 0 Å². The summed E-state index contributed by atoms with van der Waals surface area (Å²) in [5, 5.41) is 0. The predicted molar refractivity (Wildman–Crippen MR) is 61.5 cm³/mol. The molecule has 0 aromatic rings. The molecule has 1 aliphatic carbocycles. The van der Waals surface area contributed by atoms with Crippen molar-refractivity contribution in [2.24, 2.45) is 0 Å². The normalized spacial score (nSPS) is 16.6. The second-order valence-corrected chi connectivity index (χ2v) is 9.55. The summed E-state index contributed by atoms with van der Waals surface area (Å²) < 4.78 is 11.7. The highest BCUT2D eigenvalue weighted by Crippen LogP contribution is 2.31. The second-order valence-electron chi connectivity index (χ2n) is 5.13. The Morgan fingerprint density at radius 3 is 2.07 bits per heavy atom. The molecule has 2 nitrogen and oxygen atoms in total. The molecule has 0 N–H and O–H groups in total. The van der Waals surface area contributed by atoms with Gasteiger partial charge in [0.1, 0.15) is 0 Å². The molecule has 0 aromatic heterocycles. The highest BCUT2D eigenvalue weighted by atomic mass is 28.4. The Morgan fingerprint density at radius 1 is 1.21 bits per heavy atom. The fraction of sp³-hybridized carbons (Fsp3) is 0.818. The molecule has 3 heteroatoms. The Hall–Kier alpha value is -0.443. The minimum atomic E-state index is -1.52. The van der Waals surface area contributed by atoms with E-state index in [1.165, 1.54) is 12.0 Å². The SMILES string of the molecule is CC(C)OC(O[Si](C)(C)C)=C1CCC1. The van der Waals surface area contributed by atoms with Crippen LogP contribution in [-0.2, 0) is 9.16 Å². The first-order chi connectivity index (χ1) is 6.38. The lowest BCUT2D eigenvalue weighted by Gasteiger charge is -2.28. The molecule has 0 atom stereocenters. The zero-order valence-corrected chi connectivity index (χ0v) is 11.0. The van der Waals surface area contributed by atoms with Crippen molar-refractivity contribution in [1.29, 1.82) is 0 Å². The minimum absolute atomic E-state index is 0.217. The third-order valence-corrected chi connectivity index (χ3v) is 2.79. The van der Waals surface area contributed by atoms with Gasteiger partial charge in [-0.05, 0) is 52.8 Å². The summed E-state index contributed by atoms with van der Waals surface area (Å²) in [6, 6.07) is 0. The summed E-state index contributed by atoms with van der Waals surface area (Å²) in [6.45, 7) is 10.7. The zero-order valence-electron chi connectivity index (χ0n) is 10.0. The fourth-order valence-electron chi connectivity index (χ4n) is 1.23. The minimum Gasteiger partial charge on any atom is -0.520 e. The Balaban J connectivity index is 2.63. The van der Waals surface area contributed by atoms with Crippen molar-refractivity contribution < 1.29 is 9.16 Å². The highest BCUT2D eigenvalue weighted by Gasteiger charge is 2.24. The number of allylic oxidation sites excluding steroid dienone is 1. The first kappa shape index (κ1) is 11.6. The van der Waals surface area contributed by atoms with Crippen LogP contribution in [0.3, 0.4) is 0 Å². The van der Waals surface area contributed by atoms with Crippen LogP contribution in [-0.4, -0.2) is 14.4 Å². The molecule has 1 rings (SSSR count). The van der Waals surface area contributed by atoms with Crippen LogP contribution >= 0.6 is 0 Å². The molecule has 14 heavy (non-hydrogen) atoms. The van der Waals surface area contributed by atoms with Gasteiger partial charge >= 0.3 is 0 Å². The molecule has 0 aliphatic heterocycles. The lowest BCUT2D eigenvalue weighted by atomic mass is 9.93. The van der Waals surface area contributed by atoms with E-state index in [0.29, 0.717) is 0 Å². The van der Waals surface area contributed by atoms with Crippen LogP contribution < -0.4 is 0 Å². The average Bonchev–Trinajstić information content (AvgIpc) is 1.75. The van der Waals surface area contributed by atoms with E-state index in [1.54, 1.807) is 0 Å². The largest absolute Gasteiger partial charge is 0.520 e. The molecule has 0 radical (unpaired) electrons. The van der Waals surface area contributed by atoms with Crippen molar-refractivity contribution >= 4 is 8.32 Å². The summed E-state index contributed by atoms with van der Waals surface area (Å²) in [7, 11) is -1.52. The predicted octanol–water partition coefficient (Wildman–Crippen LogP) is 3.66. The van der Waals surface area contributed by atoms with Gasteiger partial charge < -0.3 is 9.16 Å². The van der Waals surface area contributed by atoms with E-state index in [1.807, 2.05) is 13.8 Å². The topological polar surface area (TPSA) is 18.5 Å². The van der Waals surface area contributed by atoms with Crippen molar-refractivity contribution in [2.45, 2.75) is 58.9 Å². The van der Waals surface area contributed by atoms with Crippen molar-refractivity contribution in [3.05, 3.63) is 11.5 Å². The molecule has 0 aromatic carbocycles. The van der Waals surface area contributed by atoms with E-state index in [-0.39, 0.29) is 6.10 Å².